The highest BCUT2D eigenvalue weighted by atomic mass is 16.5. The van der Waals surface area contributed by atoms with Crippen LogP contribution in [0.3, 0.4) is 0 Å². The van der Waals surface area contributed by atoms with Crippen molar-refractivity contribution >= 4 is 11.9 Å². The summed E-state index contributed by atoms with van der Waals surface area (Å²) in [5.41, 5.74) is 2.28. The molecular weight excluding hydrogens is 218 g/mol. The SMILES string of the molecule is CCOC(=O)C#Cc1ccc2c(c1)CNC2=O. The zero-order chi connectivity index (χ0) is 12.3. The number of carbonyl (C=O) groups is 2. The summed E-state index contributed by atoms with van der Waals surface area (Å²) in [7, 11) is 0. The molecule has 17 heavy (non-hydrogen) atoms. The zero-order valence-electron chi connectivity index (χ0n) is 9.37. The van der Waals surface area contributed by atoms with Crippen LogP contribution < -0.4 is 5.32 Å². The van der Waals surface area contributed by atoms with Gasteiger partial charge >= 0.3 is 5.97 Å². The standard InChI is InChI=1S/C13H11NO3/c1-2-17-12(15)6-4-9-3-5-11-10(7-9)8-14-13(11)16/h3,5,7H,2,8H2,1H3,(H,14,16). The average Bonchev–Trinajstić information content (AvgIpc) is 2.69. The summed E-state index contributed by atoms with van der Waals surface area (Å²) in [6.07, 6.45) is 0. The molecule has 4 heteroatoms. The highest BCUT2D eigenvalue weighted by Crippen LogP contribution is 2.16. The molecule has 1 aliphatic heterocycles. The third kappa shape index (κ3) is 2.45. The fraction of sp³-hybridized carbons (Fsp3) is 0.231. The predicted octanol–water partition coefficient (Wildman–Crippen LogP) is 0.845. The van der Waals surface area contributed by atoms with Gasteiger partial charge in [0.15, 0.2) is 0 Å². The first-order chi connectivity index (χ1) is 8.20. The van der Waals surface area contributed by atoms with Gasteiger partial charge in [-0.3, -0.25) is 4.79 Å². The van der Waals surface area contributed by atoms with E-state index in [4.69, 9.17) is 4.74 Å². The summed E-state index contributed by atoms with van der Waals surface area (Å²) >= 11 is 0. The molecule has 0 radical (unpaired) electrons. The minimum atomic E-state index is -0.540. The molecule has 0 unspecified atom stereocenters. The van der Waals surface area contributed by atoms with Crippen LogP contribution in [0, 0.1) is 11.8 Å². The number of hydrogen-bond acceptors (Lipinski definition) is 3. The van der Waals surface area contributed by atoms with Crippen molar-refractivity contribution in [3.63, 3.8) is 0 Å². The van der Waals surface area contributed by atoms with Crippen molar-refractivity contribution in [2.24, 2.45) is 0 Å². The first kappa shape index (κ1) is 11.2. The fourth-order valence-corrected chi connectivity index (χ4v) is 1.60. The Balaban J connectivity index is 2.19. The van der Waals surface area contributed by atoms with Crippen LogP contribution in [0.5, 0.6) is 0 Å². The van der Waals surface area contributed by atoms with Crippen molar-refractivity contribution in [2.75, 3.05) is 6.61 Å². The largest absolute Gasteiger partial charge is 0.456 e. The van der Waals surface area contributed by atoms with E-state index in [0.717, 1.165) is 5.56 Å². The summed E-state index contributed by atoms with van der Waals surface area (Å²) in [6.45, 7) is 2.56. The normalized spacial score (nSPS) is 12.2. The Hall–Kier alpha value is -2.28. The number of rotatable bonds is 1. The monoisotopic (exact) mass is 229 g/mol. The van der Waals surface area contributed by atoms with Crippen LogP contribution in [-0.4, -0.2) is 18.5 Å². The van der Waals surface area contributed by atoms with Gasteiger partial charge in [-0.25, -0.2) is 4.79 Å². The fourth-order valence-electron chi connectivity index (χ4n) is 1.60. The molecule has 1 amide bonds. The van der Waals surface area contributed by atoms with E-state index in [2.05, 4.69) is 17.2 Å². The molecule has 0 saturated carbocycles. The molecule has 1 N–H and O–H groups in total. The minimum absolute atomic E-state index is 0.0649. The Labute approximate surface area is 99.0 Å². The second-order valence-corrected chi connectivity index (χ2v) is 3.53. The van der Waals surface area contributed by atoms with Gasteiger partial charge in [0.2, 0.25) is 0 Å². The molecule has 1 aromatic carbocycles. The summed E-state index contributed by atoms with van der Waals surface area (Å²) in [4.78, 5) is 22.3. The van der Waals surface area contributed by atoms with E-state index < -0.39 is 5.97 Å². The molecule has 1 aromatic rings. The molecule has 4 nitrogen and oxygen atoms in total. The van der Waals surface area contributed by atoms with Gasteiger partial charge in [0.25, 0.3) is 5.91 Å². The van der Waals surface area contributed by atoms with E-state index in [1.807, 2.05) is 0 Å². The van der Waals surface area contributed by atoms with Crippen LogP contribution in [-0.2, 0) is 16.1 Å². The number of fused-ring (bicyclic) bond motifs is 1. The van der Waals surface area contributed by atoms with Crippen LogP contribution in [0.25, 0.3) is 0 Å². The molecule has 0 bridgehead atoms. The topological polar surface area (TPSA) is 55.4 Å². The average molecular weight is 229 g/mol. The molecule has 1 aliphatic rings. The van der Waals surface area contributed by atoms with E-state index in [1.54, 1.807) is 25.1 Å². The maximum atomic E-state index is 11.3. The highest BCUT2D eigenvalue weighted by Gasteiger charge is 2.17. The molecule has 0 aliphatic carbocycles. The maximum Gasteiger partial charge on any atom is 0.384 e. The lowest BCUT2D eigenvalue weighted by Gasteiger charge is -1.96. The van der Waals surface area contributed by atoms with E-state index in [-0.39, 0.29) is 5.91 Å². The molecule has 0 spiro atoms. The lowest BCUT2D eigenvalue weighted by molar-refractivity contribution is -0.136. The second kappa shape index (κ2) is 4.71. The number of esters is 1. The lowest BCUT2D eigenvalue weighted by Crippen LogP contribution is -2.12. The number of carbonyl (C=O) groups excluding carboxylic acids is 2. The molecular formula is C13H11NO3. The van der Waals surface area contributed by atoms with Crippen molar-refractivity contribution in [2.45, 2.75) is 13.5 Å². The maximum absolute atomic E-state index is 11.3. The number of hydrogen-bond donors (Lipinski definition) is 1. The van der Waals surface area contributed by atoms with Crippen molar-refractivity contribution in [3.05, 3.63) is 34.9 Å². The Morgan fingerprint density at radius 2 is 2.35 bits per heavy atom. The Morgan fingerprint density at radius 3 is 3.12 bits per heavy atom. The second-order valence-electron chi connectivity index (χ2n) is 3.53. The summed E-state index contributed by atoms with van der Waals surface area (Å²) in [5.74, 6) is 4.49. The third-order valence-corrected chi connectivity index (χ3v) is 2.37. The van der Waals surface area contributed by atoms with Gasteiger partial charge < -0.3 is 10.1 Å². The van der Waals surface area contributed by atoms with Crippen molar-refractivity contribution < 1.29 is 14.3 Å². The van der Waals surface area contributed by atoms with Crippen LogP contribution in [0.1, 0.15) is 28.4 Å². The first-order valence-electron chi connectivity index (χ1n) is 5.30. The Kier molecular flexibility index (Phi) is 3.10. The van der Waals surface area contributed by atoms with E-state index in [1.165, 1.54) is 0 Å². The number of nitrogens with one attached hydrogen (secondary N) is 1. The predicted molar refractivity (Wildman–Crippen MR) is 61.1 cm³/mol. The molecule has 0 aromatic heterocycles. The van der Waals surface area contributed by atoms with Crippen LogP contribution >= 0.6 is 0 Å². The van der Waals surface area contributed by atoms with Gasteiger partial charge in [-0.1, -0.05) is 5.92 Å². The lowest BCUT2D eigenvalue weighted by atomic mass is 10.1. The minimum Gasteiger partial charge on any atom is -0.456 e. The van der Waals surface area contributed by atoms with Crippen molar-refractivity contribution in [1.29, 1.82) is 0 Å². The zero-order valence-corrected chi connectivity index (χ0v) is 9.37. The van der Waals surface area contributed by atoms with Crippen molar-refractivity contribution in [3.8, 4) is 11.8 Å². The number of ether oxygens (including phenoxy) is 1. The molecule has 0 fully saturated rings. The summed E-state index contributed by atoms with van der Waals surface area (Å²) in [6, 6.07) is 5.24. The van der Waals surface area contributed by atoms with Crippen LogP contribution in [0.15, 0.2) is 18.2 Å². The van der Waals surface area contributed by atoms with Crippen LogP contribution in [0.4, 0.5) is 0 Å². The first-order valence-corrected chi connectivity index (χ1v) is 5.30. The highest BCUT2D eigenvalue weighted by molar-refractivity contribution is 5.98. The van der Waals surface area contributed by atoms with Gasteiger partial charge in [0, 0.05) is 23.6 Å². The van der Waals surface area contributed by atoms with Gasteiger partial charge in [0.05, 0.1) is 6.61 Å². The summed E-state index contributed by atoms with van der Waals surface area (Å²) < 4.78 is 4.69. The smallest absolute Gasteiger partial charge is 0.384 e. The van der Waals surface area contributed by atoms with Gasteiger partial charge in [0.1, 0.15) is 0 Å². The Morgan fingerprint density at radius 1 is 1.53 bits per heavy atom. The molecule has 2 rings (SSSR count). The third-order valence-electron chi connectivity index (χ3n) is 2.37. The molecule has 0 saturated heterocycles. The van der Waals surface area contributed by atoms with Crippen molar-refractivity contribution in [1.82, 2.24) is 5.32 Å². The van der Waals surface area contributed by atoms with Gasteiger partial charge in [-0.15, -0.1) is 0 Å². The van der Waals surface area contributed by atoms with Gasteiger partial charge in [-0.05, 0) is 30.7 Å². The molecule has 1 heterocycles. The van der Waals surface area contributed by atoms with E-state index >= 15 is 0 Å². The molecule has 86 valence electrons. The van der Waals surface area contributed by atoms with E-state index in [0.29, 0.717) is 24.3 Å². The number of benzene rings is 1. The van der Waals surface area contributed by atoms with Gasteiger partial charge in [-0.2, -0.15) is 0 Å². The quantitative estimate of drug-likeness (QED) is 0.573. The van der Waals surface area contributed by atoms with Crippen LogP contribution in [0.2, 0.25) is 0 Å². The molecule has 0 atom stereocenters. The number of amides is 1. The Bertz CT molecular complexity index is 537. The van der Waals surface area contributed by atoms with E-state index in [9.17, 15) is 9.59 Å². The summed E-state index contributed by atoms with van der Waals surface area (Å²) in [5, 5.41) is 2.72.